The van der Waals surface area contributed by atoms with Crippen LogP contribution in [0.4, 0.5) is 0 Å². The fourth-order valence-corrected chi connectivity index (χ4v) is 2.07. The number of fused-ring (bicyclic) bond motifs is 2. The van der Waals surface area contributed by atoms with Crippen LogP contribution in [0.15, 0.2) is 60.7 Å². The quantitative estimate of drug-likeness (QED) is 0.376. The van der Waals surface area contributed by atoms with Gasteiger partial charge in [0.2, 0.25) is 0 Å². The molecular formula is C18H12CuN2O2. The van der Waals surface area contributed by atoms with E-state index in [4.69, 9.17) is 0 Å². The first kappa shape index (κ1) is 16.7. The van der Waals surface area contributed by atoms with Gasteiger partial charge in [-0.1, -0.05) is 36.7 Å². The molecule has 0 aliphatic heterocycles. The SMILES string of the molecule is Oc1cccc2cc[c-]nc12.Oc1cccc2cc[c-]nc12.[Cu+2]. The second kappa shape index (κ2) is 7.58. The van der Waals surface area contributed by atoms with Crippen LogP contribution >= 0.6 is 0 Å². The van der Waals surface area contributed by atoms with E-state index in [1.54, 1.807) is 36.4 Å². The summed E-state index contributed by atoms with van der Waals surface area (Å²) in [6.07, 6.45) is 5.33. The molecule has 0 fully saturated rings. The van der Waals surface area contributed by atoms with Gasteiger partial charge >= 0.3 is 17.1 Å². The van der Waals surface area contributed by atoms with Crippen molar-refractivity contribution in [3.05, 3.63) is 73.1 Å². The molecule has 2 heterocycles. The van der Waals surface area contributed by atoms with E-state index >= 15 is 0 Å². The first-order valence-electron chi connectivity index (χ1n) is 6.65. The molecule has 2 aromatic heterocycles. The molecule has 0 saturated heterocycles. The van der Waals surface area contributed by atoms with Crippen molar-refractivity contribution in [2.24, 2.45) is 0 Å². The third kappa shape index (κ3) is 3.77. The topological polar surface area (TPSA) is 66.2 Å². The summed E-state index contributed by atoms with van der Waals surface area (Å²) in [6, 6.07) is 17.8. The van der Waals surface area contributed by atoms with Crippen LogP contribution in [0, 0.1) is 12.4 Å². The minimum absolute atomic E-state index is 0. The van der Waals surface area contributed by atoms with Gasteiger partial charge in [-0.25, -0.2) is 0 Å². The van der Waals surface area contributed by atoms with Gasteiger partial charge in [-0.3, -0.25) is 0 Å². The molecular weight excluding hydrogens is 340 g/mol. The van der Waals surface area contributed by atoms with Crippen molar-refractivity contribution < 1.29 is 27.3 Å². The molecule has 2 N–H and O–H groups in total. The van der Waals surface area contributed by atoms with E-state index in [0.29, 0.717) is 11.0 Å². The van der Waals surface area contributed by atoms with E-state index in [2.05, 4.69) is 22.4 Å². The Balaban J connectivity index is 0.000000160. The summed E-state index contributed by atoms with van der Waals surface area (Å²) in [7, 11) is 0. The number of hydrogen-bond donors (Lipinski definition) is 2. The first-order chi connectivity index (χ1) is 10.8. The number of aromatic hydroxyl groups is 2. The van der Waals surface area contributed by atoms with Gasteiger partial charge in [0.1, 0.15) is 0 Å². The molecule has 0 bridgehead atoms. The van der Waals surface area contributed by atoms with Gasteiger partial charge in [0.25, 0.3) is 0 Å². The number of hydrogen-bond acceptors (Lipinski definition) is 4. The number of aromatic nitrogens is 2. The molecule has 23 heavy (non-hydrogen) atoms. The van der Waals surface area contributed by atoms with Gasteiger partial charge in [-0.2, -0.15) is 24.3 Å². The number of phenolic OH excluding ortho intramolecular Hbond substituents is 2. The Morgan fingerprint density at radius 3 is 1.48 bits per heavy atom. The van der Waals surface area contributed by atoms with Crippen molar-refractivity contribution in [1.82, 2.24) is 9.97 Å². The van der Waals surface area contributed by atoms with Gasteiger partial charge in [0.05, 0.1) is 11.5 Å². The third-order valence-electron chi connectivity index (χ3n) is 3.12. The predicted molar refractivity (Wildman–Crippen MR) is 84.5 cm³/mol. The molecule has 1 radical (unpaired) electrons. The van der Waals surface area contributed by atoms with Crippen molar-refractivity contribution in [2.75, 3.05) is 0 Å². The van der Waals surface area contributed by atoms with Crippen molar-refractivity contribution in [1.29, 1.82) is 0 Å². The van der Waals surface area contributed by atoms with Crippen LogP contribution in [0.25, 0.3) is 21.8 Å². The molecule has 5 heteroatoms. The van der Waals surface area contributed by atoms with Crippen molar-refractivity contribution in [3.8, 4) is 11.5 Å². The van der Waals surface area contributed by atoms with Gasteiger partial charge < -0.3 is 20.2 Å². The van der Waals surface area contributed by atoms with E-state index in [1.165, 1.54) is 0 Å². The van der Waals surface area contributed by atoms with E-state index in [-0.39, 0.29) is 28.6 Å². The van der Waals surface area contributed by atoms with Crippen LogP contribution in [0.1, 0.15) is 0 Å². The molecule has 0 aliphatic carbocycles. The Hall–Kier alpha value is -2.62. The second-order valence-electron chi connectivity index (χ2n) is 4.58. The summed E-state index contributed by atoms with van der Waals surface area (Å²) in [5, 5.41) is 20.4. The molecule has 4 nitrogen and oxygen atoms in total. The standard InChI is InChI=1S/2C9H6NO.Cu/c2*11-8-5-1-3-7-4-2-6-10-9(7)8;/h2*1-5,11H;/q2*-1;+2. The molecule has 0 spiro atoms. The number of rotatable bonds is 0. The van der Waals surface area contributed by atoms with Crippen molar-refractivity contribution in [2.45, 2.75) is 0 Å². The minimum atomic E-state index is 0. The summed E-state index contributed by atoms with van der Waals surface area (Å²) in [4.78, 5) is 7.81. The van der Waals surface area contributed by atoms with Crippen molar-refractivity contribution >= 4 is 21.8 Å². The van der Waals surface area contributed by atoms with Gasteiger partial charge in [0.15, 0.2) is 0 Å². The second-order valence-corrected chi connectivity index (χ2v) is 4.58. The minimum Gasteiger partial charge on any atom is -0.519 e. The molecule has 0 atom stereocenters. The Morgan fingerprint density at radius 2 is 1.09 bits per heavy atom. The molecule has 0 unspecified atom stereocenters. The molecule has 2 aromatic carbocycles. The molecule has 117 valence electrons. The maximum Gasteiger partial charge on any atom is 2.00 e. The van der Waals surface area contributed by atoms with Gasteiger partial charge in [-0.15, -0.1) is 10.8 Å². The van der Waals surface area contributed by atoms with E-state index in [0.717, 1.165) is 10.8 Å². The molecule has 0 saturated carbocycles. The van der Waals surface area contributed by atoms with Gasteiger partial charge in [-0.05, 0) is 23.2 Å². The summed E-state index contributed by atoms with van der Waals surface area (Å²) >= 11 is 0. The summed E-state index contributed by atoms with van der Waals surface area (Å²) in [5.41, 5.74) is 1.21. The number of nitrogens with zero attached hydrogens (tertiary/aromatic N) is 2. The third-order valence-corrected chi connectivity index (χ3v) is 3.12. The van der Waals surface area contributed by atoms with Crippen LogP contribution in [0.5, 0.6) is 11.5 Å². The smallest absolute Gasteiger partial charge is 0.519 e. The van der Waals surface area contributed by atoms with Gasteiger partial charge in [0, 0.05) is 0 Å². The fraction of sp³-hybridized carbons (Fsp3) is 0. The van der Waals surface area contributed by atoms with E-state index in [1.807, 2.05) is 24.3 Å². The molecule has 0 amide bonds. The Kier molecular flexibility index (Phi) is 5.52. The number of phenols is 2. The van der Waals surface area contributed by atoms with Crippen molar-refractivity contribution in [3.63, 3.8) is 0 Å². The van der Waals surface area contributed by atoms with E-state index < -0.39 is 0 Å². The zero-order chi connectivity index (χ0) is 15.4. The molecule has 4 rings (SSSR count). The van der Waals surface area contributed by atoms with Crippen LogP contribution in [0.3, 0.4) is 0 Å². The van der Waals surface area contributed by atoms with Crippen LogP contribution < -0.4 is 0 Å². The Morgan fingerprint density at radius 1 is 0.652 bits per heavy atom. The predicted octanol–water partition coefficient (Wildman–Crippen LogP) is 3.48. The summed E-state index contributed by atoms with van der Waals surface area (Å²) in [6.45, 7) is 0. The average Bonchev–Trinajstić information content (AvgIpc) is 2.57. The first-order valence-corrected chi connectivity index (χ1v) is 6.65. The van der Waals surface area contributed by atoms with Crippen LogP contribution in [-0.4, -0.2) is 20.2 Å². The average molecular weight is 352 g/mol. The number of benzene rings is 2. The largest absolute Gasteiger partial charge is 2.00 e. The van der Waals surface area contributed by atoms with Crippen LogP contribution in [-0.2, 0) is 17.1 Å². The number of para-hydroxylation sites is 2. The molecule has 4 aromatic rings. The monoisotopic (exact) mass is 351 g/mol. The Bertz CT molecular complexity index is 841. The Labute approximate surface area is 143 Å². The fourth-order valence-electron chi connectivity index (χ4n) is 2.07. The summed E-state index contributed by atoms with van der Waals surface area (Å²) < 4.78 is 0. The van der Waals surface area contributed by atoms with Crippen LogP contribution in [0.2, 0.25) is 0 Å². The number of pyridine rings is 2. The normalized spacial score (nSPS) is 9.74. The zero-order valence-electron chi connectivity index (χ0n) is 11.9. The maximum atomic E-state index is 9.29. The van der Waals surface area contributed by atoms with E-state index in [9.17, 15) is 10.2 Å². The maximum absolute atomic E-state index is 9.29. The molecule has 0 aliphatic rings. The summed E-state index contributed by atoms with van der Waals surface area (Å²) in [5.74, 6) is 0.415. The zero-order valence-corrected chi connectivity index (χ0v) is 12.8.